The van der Waals surface area contributed by atoms with Crippen LogP contribution in [0.15, 0.2) is 36.8 Å². The predicted molar refractivity (Wildman–Crippen MR) is 126 cm³/mol. The number of esters is 1. The first-order valence-electron chi connectivity index (χ1n) is 11.1. The van der Waals surface area contributed by atoms with Crippen LogP contribution in [0.3, 0.4) is 0 Å². The Balaban J connectivity index is 1.24. The number of carbonyl (C=O) groups is 1. The van der Waals surface area contributed by atoms with Crippen LogP contribution in [0.4, 0.5) is 11.8 Å². The Bertz CT molecular complexity index is 1090. The molecule has 0 amide bonds. The highest BCUT2D eigenvalue weighted by molar-refractivity contribution is 6.33. The Labute approximate surface area is 197 Å². The molecule has 3 aromatic rings. The minimum Gasteiger partial charge on any atom is -0.464 e. The minimum absolute atomic E-state index is 0.207. The van der Waals surface area contributed by atoms with Crippen molar-refractivity contribution < 1.29 is 14.6 Å². The van der Waals surface area contributed by atoms with E-state index in [-0.39, 0.29) is 6.61 Å². The van der Waals surface area contributed by atoms with E-state index < -0.39 is 12.1 Å². The summed E-state index contributed by atoms with van der Waals surface area (Å²) in [6.07, 6.45) is 7.41. The minimum atomic E-state index is -1.37. The van der Waals surface area contributed by atoms with E-state index in [1.54, 1.807) is 13.1 Å². The number of hydrogen-bond acceptors (Lipinski definition) is 9. The highest BCUT2D eigenvalue weighted by Gasteiger charge is 2.22. The fourth-order valence-corrected chi connectivity index (χ4v) is 4.19. The number of hydrogen-bond donors (Lipinski definition) is 3. The zero-order chi connectivity index (χ0) is 23.2. The first kappa shape index (κ1) is 23.1. The number of pyridine rings is 2. The molecule has 0 radical (unpaired) electrons. The Morgan fingerprint density at radius 2 is 1.94 bits per heavy atom. The third-order valence-electron chi connectivity index (χ3n) is 5.81. The van der Waals surface area contributed by atoms with Gasteiger partial charge in [-0.1, -0.05) is 11.6 Å². The number of aromatic nitrogens is 4. The second-order valence-corrected chi connectivity index (χ2v) is 8.47. The maximum atomic E-state index is 11.6. The maximum absolute atomic E-state index is 11.6. The van der Waals surface area contributed by atoms with Gasteiger partial charge in [0.2, 0.25) is 5.95 Å². The van der Waals surface area contributed by atoms with Crippen LogP contribution in [0, 0.1) is 5.92 Å². The number of carbonyl (C=O) groups excluding carboxylic acids is 1. The van der Waals surface area contributed by atoms with Crippen molar-refractivity contribution in [1.82, 2.24) is 19.9 Å². The van der Waals surface area contributed by atoms with Crippen molar-refractivity contribution in [3.8, 4) is 0 Å². The van der Waals surface area contributed by atoms with Crippen molar-refractivity contribution in [2.24, 2.45) is 5.92 Å². The van der Waals surface area contributed by atoms with Gasteiger partial charge in [-0.25, -0.2) is 24.7 Å². The molecule has 33 heavy (non-hydrogen) atoms. The third kappa shape index (κ3) is 5.85. The van der Waals surface area contributed by atoms with E-state index in [2.05, 4.69) is 30.6 Å². The van der Waals surface area contributed by atoms with Crippen LogP contribution in [0.25, 0.3) is 10.9 Å². The summed E-state index contributed by atoms with van der Waals surface area (Å²) < 4.78 is 4.81. The number of anilines is 2. The number of nitrogens with one attached hydrogen (secondary N) is 2. The average molecular weight is 471 g/mol. The van der Waals surface area contributed by atoms with Gasteiger partial charge in [0, 0.05) is 42.1 Å². The molecule has 0 aliphatic heterocycles. The molecule has 0 spiro atoms. The lowest BCUT2D eigenvalue weighted by molar-refractivity contribution is -0.153. The van der Waals surface area contributed by atoms with Gasteiger partial charge in [-0.05, 0) is 56.7 Å². The van der Waals surface area contributed by atoms with Gasteiger partial charge < -0.3 is 20.5 Å². The van der Waals surface area contributed by atoms with E-state index in [9.17, 15) is 9.90 Å². The average Bonchev–Trinajstić information content (AvgIpc) is 2.84. The molecule has 0 aromatic carbocycles. The summed E-state index contributed by atoms with van der Waals surface area (Å²) in [7, 11) is 0. The molecule has 3 aromatic heterocycles. The van der Waals surface area contributed by atoms with Gasteiger partial charge in [0.15, 0.2) is 11.3 Å². The standard InChI is InChI=1S/C23H27ClN6O3/c1-2-33-22(32)20(31)16-12-27-23(28-13-16)26-11-14-3-6-17(7-4-14)29-18-8-5-15-9-10-25-21(24)19(15)30-18/h5,8-10,12-14,17,20,31H,2-4,6-7,11H2,1H3,(H,29,30)(H,26,27,28)/t14-,17-,20?. The Morgan fingerprint density at radius 3 is 2.67 bits per heavy atom. The molecular weight excluding hydrogens is 444 g/mol. The Kier molecular flexibility index (Phi) is 7.51. The van der Waals surface area contributed by atoms with Gasteiger partial charge in [0.1, 0.15) is 11.3 Å². The number of aliphatic hydroxyl groups is 1. The smallest absolute Gasteiger partial charge is 0.339 e. The summed E-state index contributed by atoms with van der Waals surface area (Å²) in [5.41, 5.74) is 1.02. The lowest BCUT2D eigenvalue weighted by Crippen LogP contribution is -2.29. The van der Waals surface area contributed by atoms with Crippen LogP contribution in [-0.4, -0.2) is 50.2 Å². The molecule has 4 rings (SSSR count). The Hall–Kier alpha value is -3.04. The fourth-order valence-electron chi connectivity index (χ4n) is 3.98. The summed E-state index contributed by atoms with van der Waals surface area (Å²) in [6, 6.07) is 6.24. The molecule has 1 aliphatic carbocycles. The van der Waals surface area contributed by atoms with E-state index in [0.717, 1.165) is 43.4 Å². The topological polar surface area (TPSA) is 122 Å². The van der Waals surface area contributed by atoms with E-state index in [1.807, 2.05) is 18.2 Å². The lowest BCUT2D eigenvalue weighted by Gasteiger charge is -2.29. The summed E-state index contributed by atoms with van der Waals surface area (Å²) in [6.45, 7) is 2.66. The van der Waals surface area contributed by atoms with Gasteiger partial charge in [-0.15, -0.1) is 0 Å². The third-order valence-corrected chi connectivity index (χ3v) is 6.09. The quantitative estimate of drug-likeness (QED) is 0.333. The lowest BCUT2D eigenvalue weighted by atomic mass is 9.86. The van der Waals surface area contributed by atoms with E-state index in [1.165, 1.54) is 12.4 Å². The monoisotopic (exact) mass is 470 g/mol. The van der Waals surface area contributed by atoms with Crippen molar-refractivity contribution in [3.63, 3.8) is 0 Å². The van der Waals surface area contributed by atoms with E-state index >= 15 is 0 Å². The predicted octanol–water partition coefficient (Wildman–Crippen LogP) is 3.75. The van der Waals surface area contributed by atoms with Crippen molar-refractivity contribution >= 4 is 40.2 Å². The molecule has 3 heterocycles. The van der Waals surface area contributed by atoms with Crippen LogP contribution in [0.2, 0.25) is 5.15 Å². The zero-order valence-electron chi connectivity index (χ0n) is 18.4. The molecule has 3 N–H and O–H groups in total. The first-order valence-corrected chi connectivity index (χ1v) is 11.5. The maximum Gasteiger partial charge on any atom is 0.339 e. The normalized spacial score (nSPS) is 19.1. The van der Waals surface area contributed by atoms with Gasteiger partial charge in [0.05, 0.1) is 6.61 Å². The summed E-state index contributed by atoms with van der Waals surface area (Å²) in [5, 5.41) is 18.1. The molecule has 1 unspecified atom stereocenters. The highest BCUT2D eigenvalue weighted by atomic mass is 35.5. The zero-order valence-corrected chi connectivity index (χ0v) is 19.1. The van der Waals surface area contributed by atoms with Gasteiger partial charge in [0.25, 0.3) is 0 Å². The number of halogens is 1. The molecular formula is C23H27ClN6O3. The SMILES string of the molecule is CCOC(=O)C(O)c1cnc(NC[C@H]2CC[C@H](Nc3ccc4ccnc(Cl)c4n3)CC2)nc1. The molecule has 1 saturated carbocycles. The van der Waals surface area contributed by atoms with Gasteiger partial charge >= 0.3 is 5.97 Å². The molecule has 9 nitrogen and oxygen atoms in total. The second kappa shape index (κ2) is 10.7. The van der Waals surface area contributed by atoms with Crippen molar-refractivity contribution in [1.29, 1.82) is 0 Å². The molecule has 0 bridgehead atoms. The van der Waals surface area contributed by atoms with E-state index in [4.69, 9.17) is 16.3 Å². The Morgan fingerprint density at radius 1 is 1.18 bits per heavy atom. The van der Waals surface area contributed by atoms with E-state index in [0.29, 0.717) is 34.1 Å². The van der Waals surface area contributed by atoms with Crippen LogP contribution < -0.4 is 10.6 Å². The summed E-state index contributed by atoms with van der Waals surface area (Å²) in [4.78, 5) is 28.7. The number of rotatable bonds is 8. The summed E-state index contributed by atoms with van der Waals surface area (Å²) >= 11 is 6.18. The molecule has 1 aliphatic rings. The van der Waals surface area contributed by atoms with Gasteiger partial charge in [-0.2, -0.15) is 0 Å². The molecule has 174 valence electrons. The molecule has 1 fully saturated rings. The molecule has 10 heteroatoms. The number of nitrogens with zero attached hydrogens (tertiary/aromatic N) is 4. The molecule has 0 saturated heterocycles. The number of aliphatic hydroxyl groups excluding tert-OH is 1. The van der Waals surface area contributed by atoms with Crippen LogP contribution >= 0.6 is 11.6 Å². The largest absolute Gasteiger partial charge is 0.464 e. The first-order chi connectivity index (χ1) is 16.0. The second-order valence-electron chi connectivity index (χ2n) is 8.11. The molecule has 1 atom stereocenters. The van der Waals surface area contributed by atoms with Crippen molar-refractivity contribution in [2.45, 2.75) is 44.8 Å². The fraction of sp³-hybridized carbons (Fsp3) is 0.435. The van der Waals surface area contributed by atoms with Crippen LogP contribution in [0.1, 0.15) is 44.3 Å². The summed E-state index contributed by atoms with van der Waals surface area (Å²) in [5.74, 6) is 1.10. The van der Waals surface area contributed by atoms with Gasteiger partial charge in [-0.3, -0.25) is 0 Å². The number of ether oxygens (including phenoxy) is 1. The van der Waals surface area contributed by atoms with Crippen molar-refractivity contribution in [2.75, 3.05) is 23.8 Å². The van der Waals surface area contributed by atoms with Crippen LogP contribution in [-0.2, 0) is 9.53 Å². The highest BCUT2D eigenvalue weighted by Crippen LogP contribution is 2.28. The van der Waals surface area contributed by atoms with Crippen LogP contribution in [0.5, 0.6) is 0 Å². The van der Waals surface area contributed by atoms with Crippen molar-refractivity contribution in [3.05, 3.63) is 47.5 Å². The number of fused-ring (bicyclic) bond motifs is 1.